The smallest absolute Gasteiger partial charge is 0.361 e. The van der Waals surface area contributed by atoms with Crippen LogP contribution in [0.3, 0.4) is 0 Å². The highest BCUT2D eigenvalue weighted by Crippen LogP contribution is 2.42. The van der Waals surface area contributed by atoms with Crippen molar-refractivity contribution in [2.75, 3.05) is 0 Å². The Morgan fingerprint density at radius 1 is 0.655 bits per heavy atom. The lowest BCUT2D eigenvalue weighted by atomic mass is 9.88. The molecule has 0 amide bonds. The molecule has 4 aromatic carbocycles. The lowest BCUT2D eigenvalue weighted by molar-refractivity contribution is -0.00452. The molecule has 0 bridgehead atoms. The molecule has 0 saturated heterocycles. The van der Waals surface area contributed by atoms with E-state index in [1.807, 2.05) is 36.4 Å². The summed E-state index contributed by atoms with van der Waals surface area (Å²) in [6.07, 6.45) is 0. The molecule has 1 aliphatic carbocycles. The van der Waals surface area contributed by atoms with Crippen molar-refractivity contribution in [3.05, 3.63) is 101 Å². The van der Waals surface area contributed by atoms with Gasteiger partial charge in [0.25, 0.3) is 5.78 Å². The van der Waals surface area contributed by atoms with Crippen molar-refractivity contribution < 1.29 is 9.58 Å². The molecule has 0 aliphatic heterocycles. The van der Waals surface area contributed by atoms with Gasteiger partial charge in [-0.1, -0.05) is 71.8 Å². The molecule has 0 unspecified atom stereocenters. The quantitative estimate of drug-likeness (QED) is 0.313. The average Bonchev–Trinajstić information content (AvgIpc) is 3.01. The third-order valence-corrected chi connectivity index (χ3v) is 5.63. The Bertz CT molecular complexity index is 1340. The van der Waals surface area contributed by atoms with E-state index >= 15 is 0 Å². The van der Waals surface area contributed by atoms with E-state index in [-0.39, 0.29) is 11.5 Å². The fourth-order valence-corrected chi connectivity index (χ4v) is 4.34. The highest BCUT2D eigenvalue weighted by molar-refractivity contribution is 6.57. The van der Waals surface area contributed by atoms with Gasteiger partial charge < -0.3 is 5.53 Å². The van der Waals surface area contributed by atoms with E-state index in [2.05, 4.69) is 55.0 Å². The zero-order valence-corrected chi connectivity index (χ0v) is 16.2. The summed E-state index contributed by atoms with van der Waals surface area (Å²) in [5.74, 6) is -0.232. The van der Waals surface area contributed by atoms with E-state index in [4.69, 9.17) is 0 Å². The topological polar surface area (TPSA) is 53.5 Å². The van der Waals surface area contributed by atoms with Gasteiger partial charge >= 0.3 is 5.71 Å². The van der Waals surface area contributed by atoms with Crippen molar-refractivity contribution in [3.63, 3.8) is 0 Å². The molecular weight excluding hydrogens is 356 g/mol. The molecule has 0 fully saturated rings. The Hall–Kier alpha value is -3.81. The molecule has 0 radical (unpaired) electrons. The van der Waals surface area contributed by atoms with Crippen LogP contribution in [0.2, 0.25) is 0 Å². The van der Waals surface area contributed by atoms with Gasteiger partial charge in [0.05, 0.1) is 5.56 Å². The summed E-state index contributed by atoms with van der Waals surface area (Å²) in [7, 11) is 0. The summed E-state index contributed by atoms with van der Waals surface area (Å²) in [6, 6.07) is 24.5. The Morgan fingerprint density at radius 2 is 1.14 bits per heavy atom. The molecule has 5 rings (SSSR count). The first-order valence-corrected chi connectivity index (χ1v) is 9.59. The lowest BCUT2D eigenvalue weighted by Crippen LogP contribution is -2.09. The van der Waals surface area contributed by atoms with Gasteiger partial charge in [-0.2, -0.15) is 4.79 Å². The maximum atomic E-state index is 12.8. The van der Waals surface area contributed by atoms with E-state index in [9.17, 15) is 10.3 Å². The Morgan fingerprint density at radius 3 is 1.66 bits per heavy atom. The van der Waals surface area contributed by atoms with Crippen LogP contribution in [0.1, 0.15) is 27.0 Å². The first kappa shape index (κ1) is 17.3. The molecule has 0 saturated carbocycles. The maximum Gasteiger partial charge on any atom is 0.370 e. The third-order valence-electron chi connectivity index (χ3n) is 5.63. The van der Waals surface area contributed by atoms with Crippen molar-refractivity contribution in [1.82, 2.24) is 0 Å². The van der Waals surface area contributed by atoms with Gasteiger partial charge in [-0.25, -0.2) is 0 Å². The van der Waals surface area contributed by atoms with E-state index < -0.39 is 0 Å². The molecule has 138 valence electrons. The summed E-state index contributed by atoms with van der Waals surface area (Å²) in [5, 5.41) is 1.88. The Labute approximate surface area is 168 Å². The average molecular weight is 374 g/mol. The highest BCUT2D eigenvalue weighted by atomic mass is 16.1. The molecular formula is C26H18N2O. The van der Waals surface area contributed by atoms with Gasteiger partial charge in [0, 0.05) is 10.9 Å². The number of ketones is 1. The Balaban J connectivity index is 1.96. The van der Waals surface area contributed by atoms with Gasteiger partial charge in [-0.3, -0.25) is 4.79 Å². The molecule has 0 aromatic heterocycles. The minimum absolute atomic E-state index is 0.113. The number of rotatable bonds is 2. The Kier molecular flexibility index (Phi) is 3.80. The van der Waals surface area contributed by atoms with Gasteiger partial charge in [-0.15, -0.1) is 0 Å². The number of aryl methyl sites for hydroxylation is 2. The van der Waals surface area contributed by atoms with E-state index in [0.29, 0.717) is 11.1 Å². The number of carbonyl (C=O) groups excluding carboxylic acids is 1. The van der Waals surface area contributed by atoms with E-state index in [1.165, 1.54) is 11.1 Å². The van der Waals surface area contributed by atoms with Crippen LogP contribution in [0.5, 0.6) is 0 Å². The van der Waals surface area contributed by atoms with E-state index in [1.54, 1.807) is 0 Å². The summed E-state index contributed by atoms with van der Waals surface area (Å²) in [6.45, 7) is 4.15. The zero-order valence-electron chi connectivity index (χ0n) is 16.2. The molecule has 29 heavy (non-hydrogen) atoms. The first-order chi connectivity index (χ1) is 14.1. The summed E-state index contributed by atoms with van der Waals surface area (Å²) in [4.78, 5) is 16.1. The molecule has 0 heterocycles. The van der Waals surface area contributed by atoms with Crippen molar-refractivity contribution in [1.29, 1.82) is 0 Å². The second kappa shape index (κ2) is 6.37. The van der Waals surface area contributed by atoms with Crippen molar-refractivity contribution >= 4 is 22.3 Å². The monoisotopic (exact) mass is 374 g/mol. The van der Waals surface area contributed by atoms with Gasteiger partial charge in [0.15, 0.2) is 0 Å². The summed E-state index contributed by atoms with van der Waals surface area (Å²) >= 11 is 0. The van der Waals surface area contributed by atoms with Crippen LogP contribution in [-0.2, 0) is 0 Å². The van der Waals surface area contributed by atoms with Crippen LogP contribution in [0.15, 0.2) is 72.8 Å². The maximum absolute atomic E-state index is 12.8. The lowest BCUT2D eigenvalue weighted by Gasteiger charge is -2.14. The van der Waals surface area contributed by atoms with Crippen LogP contribution in [0.4, 0.5) is 0 Å². The van der Waals surface area contributed by atoms with Crippen LogP contribution in [0.25, 0.3) is 38.6 Å². The number of benzene rings is 4. The van der Waals surface area contributed by atoms with Crippen LogP contribution in [-0.4, -0.2) is 16.3 Å². The molecule has 4 aromatic rings. The van der Waals surface area contributed by atoms with Crippen LogP contribution < -0.4 is 0 Å². The second-order valence-corrected chi connectivity index (χ2v) is 7.59. The summed E-state index contributed by atoms with van der Waals surface area (Å²) < 4.78 is 0. The standard InChI is InChI=1S/C26H18N2O/c1-15-5-3-7-17(13-15)19-9-11-21-24-22(26(29)25(21)28-27)12-10-20(23(19)24)18-8-4-6-16(2)14-18/h3-14H,1-2H3. The minimum Gasteiger partial charge on any atom is -0.361 e. The molecule has 0 spiro atoms. The fourth-order valence-electron chi connectivity index (χ4n) is 4.34. The molecule has 3 nitrogen and oxygen atoms in total. The number of hydrogen-bond acceptors (Lipinski definition) is 1. The fraction of sp³-hybridized carbons (Fsp3) is 0.0769. The van der Waals surface area contributed by atoms with Gasteiger partial charge in [0.2, 0.25) is 0 Å². The molecule has 3 heteroatoms. The predicted octanol–water partition coefficient (Wildman–Crippen LogP) is 6.01. The van der Waals surface area contributed by atoms with Gasteiger partial charge in [-0.05, 0) is 53.6 Å². The molecule has 1 aliphatic rings. The van der Waals surface area contributed by atoms with Crippen molar-refractivity contribution in [3.8, 4) is 22.3 Å². The van der Waals surface area contributed by atoms with Gasteiger partial charge in [0.1, 0.15) is 0 Å². The zero-order chi connectivity index (χ0) is 20.1. The van der Waals surface area contributed by atoms with Crippen molar-refractivity contribution in [2.24, 2.45) is 0 Å². The highest BCUT2D eigenvalue weighted by Gasteiger charge is 2.37. The predicted molar refractivity (Wildman–Crippen MR) is 116 cm³/mol. The number of nitrogens with zero attached hydrogens (tertiary/aromatic N) is 2. The minimum atomic E-state index is -0.232. The van der Waals surface area contributed by atoms with Crippen LogP contribution in [0, 0.1) is 13.8 Å². The summed E-state index contributed by atoms with van der Waals surface area (Å²) in [5.41, 5.74) is 17.6. The molecule has 0 N–H and O–H groups in total. The largest absolute Gasteiger partial charge is 0.370 e. The number of hydrogen-bond donors (Lipinski definition) is 0. The number of Topliss-reactive ketones (excluding diaryl/α,β-unsaturated/α-hetero) is 1. The number of carbonyl (C=O) groups is 1. The third kappa shape index (κ3) is 2.56. The van der Waals surface area contributed by atoms with Crippen molar-refractivity contribution in [2.45, 2.75) is 13.8 Å². The van der Waals surface area contributed by atoms with Crippen LogP contribution >= 0.6 is 0 Å². The SMILES string of the molecule is Cc1cccc(-c2ccc3c4c(ccc(-c5cccc(C)c5)c24)C(=[N+]=[N-])C3=O)c1. The molecule has 0 atom stereocenters. The second-order valence-electron chi connectivity index (χ2n) is 7.59. The normalized spacial score (nSPS) is 12.5. The van der Waals surface area contributed by atoms with E-state index in [0.717, 1.165) is 33.0 Å². The first-order valence-electron chi connectivity index (χ1n) is 9.59.